The molecule has 0 radical (unpaired) electrons. The van der Waals surface area contributed by atoms with E-state index >= 15 is 0 Å². The maximum atomic E-state index is 12.2. The quantitative estimate of drug-likeness (QED) is 0.471. The predicted molar refractivity (Wildman–Crippen MR) is 122 cm³/mol. The molecule has 0 bridgehead atoms. The molecule has 0 saturated carbocycles. The second-order valence-corrected chi connectivity index (χ2v) is 10.6. The first kappa shape index (κ1) is 21.4. The molecule has 3 rings (SSSR count). The van der Waals surface area contributed by atoms with E-state index in [4.69, 9.17) is 4.74 Å². The van der Waals surface area contributed by atoms with Crippen molar-refractivity contribution in [3.63, 3.8) is 0 Å². The van der Waals surface area contributed by atoms with E-state index in [1.165, 1.54) is 16.9 Å². The van der Waals surface area contributed by atoms with Gasteiger partial charge in [0.1, 0.15) is 10.6 Å². The first-order valence-electron chi connectivity index (χ1n) is 10.0. The fourth-order valence-electron chi connectivity index (χ4n) is 3.44. The van der Waals surface area contributed by atoms with Crippen LogP contribution in [0.5, 0.6) is 5.75 Å². The van der Waals surface area contributed by atoms with E-state index in [1.54, 1.807) is 6.92 Å². The lowest BCUT2D eigenvalue weighted by atomic mass is 9.78. The van der Waals surface area contributed by atoms with Crippen molar-refractivity contribution in [2.75, 3.05) is 6.61 Å². The molecular formula is C25H30O3S. The van der Waals surface area contributed by atoms with Crippen molar-refractivity contribution in [2.45, 2.75) is 59.3 Å². The molecule has 154 valence electrons. The van der Waals surface area contributed by atoms with E-state index in [2.05, 4.69) is 53.7 Å². The summed E-state index contributed by atoms with van der Waals surface area (Å²) in [5.41, 5.74) is 3.59. The first-order valence-corrected chi connectivity index (χ1v) is 10.8. The van der Waals surface area contributed by atoms with Gasteiger partial charge >= 0.3 is 5.97 Å². The van der Waals surface area contributed by atoms with Gasteiger partial charge in [-0.05, 0) is 47.1 Å². The number of carbonyl (C=O) groups is 1. The van der Waals surface area contributed by atoms with Crippen molar-refractivity contribution in [3.05, 3.63) is 52.4 Å². The molecule has 1 N–H and O–H groups in total. The average molecular weight is 411 g/mol. The molecule has 1 heterocycles. The van der Waals surface area contributed by atoms with Crippen molar-refractivity contribution in [1.82, 2.24) is 0 Å². The number of phenols is 1. The zero-order chi connectivity index (χ0) is 21.6. The summed E-state index contributed by atoms with van der Waals surface area (Å²) < 4.78 is 6.18. The topological polar surface area (TPSA) is 46.5 Å². The second kappa shape index (κ2) is 7.49. The van der Waals surface area contributed by atoms with E-state index in [9.17, 15) is 9.90 Å². The van der Waals surface area contributed by atoms with E-state index in [1.807, 2.05) is 24.3 Å². The number of ether oxygens (including phenoxy) is 1. The van der Waals surface area contributed by atoms with Crippen molar-refractivity contribution in [2.24, 2.45) is 0 Å². The summed E-state index contributed by atoms with van der Waals surface area (Å²) in [6.45, 7) is 15.0. The fourth-order valence-corrected chi connectivity index (χ4v) is 4.42. The van der Waals surface area contributed by atoms with Crippen molar-refractivity contribution in [3.8, 4) is 16.9 Å². The highest BCUT2D eigenvalue weighted by Gasteiger charge is 2.26. The van der Waals surface area contributed by atoms with Crippen molar-refractivity contribution in [1.29, 1.82) is 0 Å². The number of fused-ring (bicyclic) bond motifs is 1. The maximum Gasteiger partial charge on any atom is 0.348 e. The number of phenolic OH excluding ortho intramolecular Hbond substituents is 1. The minimum atomic E-state index is -0.303. The molecule has 0 aliphatic rings. The highest BCUT2D eigenvalue weighted by atomic mass is 32.1. The molecule has 0 saturated heterocycles. The van der Waals surface area contributed by atoms with Crippen LogP contribution in [0.4, 0.5) is 0 Å². The zero-order valence-electron chi connectivity index (χ0n) is 18.3. The van der Waals surface area contributed by atoms with Gasteiger partial charge in [0.05, 0.1) is 6.61 Å². The van der Waals surface area contributed by atoms with Crippen LogP contribution in [0, 0.1) is 0 Å². The van der Waals surface area contributed by atoms with E-state index in [-0.39, 0.29) is 16.8 Å². The summed E-state index contributed by atoms with van der Waals surface area (Å²) in [6.07, 6.45) is 0. The van der Waals surface area contributed by atoms with Crippen LogP contribution in [0.25, 0.3) is 21.2 Å². The van der Waals surface area contributed by atoms with Gasteiger partial charge in [0.2, 0.25) is 0 Å². The summed E-state index contributed by atoms with van der Waals surface area (Å²) in [5.74, 6) is 0.00424. The normalized spacial score (nSPS) is 12.4. The molecule has 3 aromatic rings. The van der Waals surface area contributed by atoms with E-state index in [0.717, 1.165) is 26.8 Å². The van der Waals surface area contributed by atoms with Crippen LogP contribution in [0.2, 0.25) is 0 Å². The molecule has 0 fully saturated rings. The van der Waals surface area contributed by atoms with Crippen molar-refractivity contribution >= 4 is 27.4 Å². The van der Waals surface area contributed by atoms with Gasteiger partial charge in [0, 0.05) is 21.2 Å². The Morgan fingerprint density at radius 3 is 2.28 bits per heavy atom. The summed E-state index contributed by atoms with van der Waals surface area (Å²) >= 11 is 1.42. The highest BCUT2D eigenvalue weighted by molar-refractivity contribution is 7.20. The van der Waals surface area contributed by atoms with E-state index in [0.29, 0.717) is 17.2 Å². The molecule has 0 amide bonds. The summed E-state index contributed by atoms with van der Waals surface area (Å²) in [4.78, 5) is 12.8. The van der Waals surface area contributed by atoms with Gasteiger partial charge in [-0.2, -0.15) is 0 Å². The lowest BCUT2D eigenvalue weighted by Gasteiger charge is -2.27. The van der Waals surface area contributed by atoms with Crippen LogP contribution < -0.4 is 0 Å². The van der Waals surface area contributed by atoms with Crippen LogP contribution in [0.3, 0.4) is 0 Å². The number of hydrogen-bond donors (Lipinski definition) is 1. The van der Waals surface area contributed by atoms with Gasteiger partial charge in [-0.25, -0.2) is 4.79 Å². The molecule has 1 aromatic heterocycles. The average Bonchev–Trinajstić information content (AvgIpc) is 3.04. The number of hydrogen-bond acceptors (Lipinski definition) is 4. The minimum absolute atomic E-state index is 0.0545. The van der Waals surface area contributed by atoms with E-state index < -0.39 is 0 Å². The number of rotatable bonds is 3. The molecule has 0 aliphatic heterocycles. The molecule has 3 nitrogen and oxygen atoms in total. The Balaban J connectivity index is 2.30. The van der Waals surface area contributed by atoms with Gasteiger partial charge < -0.3 is 9.84 Å². The van der Waals surface area contributed by atoms with Crippen LogP contribution >= 0.6 is 11.3 Å². The van der Waals surface area contributed by atoms with Crippen LogP contribution in [0.15, 0.2) is 36.4 Å². The third kappa shape index (κ3) is 4.18. The third-order valence-corrected chi connectivity index (χ3v) is 6.19. The molecule has 0 spiro atoms. The molecule has 0 unspecified atom stereocenters. The lowest BCUT2D eigenvalue weighted by Crippen LogP contribution is -2.17. The Labute approximate surface area is 177 Å². The van der Waals surface area contributed by atoms with Gasteiger partial charge in [0.25, 0.3) is 0 Å². The highest BCUT2D eigenvalue weighted by Crippen LogP contribution is 2.44. The van der Waals surface area contributed by atoms with Gasteiger partial charge in [-0.15, -0.1) is 11.3 Å². The fraction of sp³-hybridized carbons (Fsp3) is 0.400. The second-order valence-electron chi connectivity index (χ2n) is 9.47. The number of thiophene rings is 1. The standard InChI is InChI=1S/C25H30O3S/c1-8-28-23(27)21-14-17-16(10-9-11-20(17)29-21)18-12-15(24(2,3)4)13-19(22(18)26)25(5,6)7/h9-14,26H,8H2,1-7H3. The Morgan fingerprint density at radius 1 is 1.00 bits per heavy atom. The zero-order valence-corrected chi connectivity index (χ0v) is 19.2. The molecule has 0 atom stereocenters. The largest absolute Gasteiger partial charge is 0.507 e. The number of esters is 1. The Kier molecular flexibility index (Phi) is 5.52. The summed E-state index contributed by atoms with van der Waals surface area (Å²) in [6, 6.07) is 12.1. The first-order chi connectivity index (χ1) is 13.4. The number of aromatic hydroxyl groups is 1. The number of benzene rings is 2. The smallest absolute Gasteiger partial charge is 0.348 e. The monoisotopic (exact) mass is 410 g/mol. The predicted octanol–water partition coefficient (Wildman–Crippen LogP) is 7.05. The molecule has 2 aromatic carbocycles. The van der Waals surface area contributed by atoms with Crippen molar-refractivity contribution < 1.29 is 14.6 Å². The molecule has 4 heteroatoms. The molecule has 29 heavy (non-hydrogen) atoms. The third-order valence-electron chi connectivity index (χ3n) is 5.11. The van der Waals surface area contributed by atoms with Crippen LogP contribution in [-0.2, 0) is 15.6 Å². The van der Waals surface area contributed by atoms with Crippen LogP contribution in [-0.4, -0.2) is 17.7 Å². The molecular weight excluding hydrogens is 380 g/mol. The summed E-state index contributed by atoms with van der Waals surface area (Å²) in [7, 11) is 0. The Hall–Kier alpha value is -2.33. The maximum absolute atomic E-state index is 12.2. The minimum Gasteiger partial charge on any atom is -0.507 e. The van der Waals surface area contributed by atoms with Crippen LogP contribution in [0.1, 0.15) is 69.3 Å². The van der Waals surface area contributed by atoms with Gasteiger partial charge in [-0.3, -0.25) is 0 Å². The Bertz CT molecular complexity index is 1060. The SMILES string of the molecule is CCOC(=O)c1cc2c(-c3cc(C(C)(C)C)cc(C(C)(C)C)c3O)cccc2s1. The number of carbonyl (C=O) groups excluding carboxylic acids is 1. The van der Waals surface area contributed by atoms with Gasteiger partial charge in [-0.1, -0.05) is 59.7 Å². The molecule has 0 aliphatic carbocycles. The summed E-state index contributed by atoms with van der Waals surface area (Å²) in [5, 5.41) is 12.2. The van der Waals surface area contributed by atoms with Gasteiger partial charge in [0.15, 0.2) is 0 Å². The lowest BCUT2D eigenvalue weighted by molar-refractivity contribution is 0.0532. The Morgan fingerprint density at radius 2 is 1.69 bits per heavy atom.